The van der Waals surface area contributed by atoms with Crippen LogP contribution in [0.1, 0.15) is 20.8 Å². The van der Waals surface area contributed by atoms with Gasteiger partial charge in [-0.2, -0.15) is 0 Å². The van der Waals surface area contributed by atoms with Crippen molar-refractivity contribution in [3.63, 3.8) is 0 Å². The van der Waals surface area contributed by atoms with Crippen LogP contribution in [0.25, 0.3) is 0 Å². The summed E-state index contributed by atoms with van der Waals surface area (Å²) in [5.41, 5.74) is 0. The molecule has 1 aromatic rings. The zero-order valence-electron chi connectivity index (χ0n) is 8.95. The first-order valence-electron chi connectivity index (χ1n) is 4.91. The molecule has 0 saturated carbocycles. The largest absolute Gasteiger partial charge is 0.370 e. The van der Waals surface area contributed by atoms with Crippen molar-refractivity contribution < 1.29 is 0 Å². The number of anilines is 1. The van der Waals surface area contributed by atoms with Crippen LogP contribution in [-0.4, -0.2) is 22.3 Å². The van der Waals surface area contributed by atoms with Gasteiger partial charge in [-0.1, -0.05) is 13.8 Å². The van der Waals surface area contributed by atoms with E-state index < -0.39 is 0 Å². The first kappa shape index (κ1) is 11.3. The van der Waals surface area contributed by atoms with Gasteiger partial charge in [-0.05, 0) is 12.8 Å². The Morgan fingerprint density at radius 2 is 2.21 bits per heavy atom. The van der Waals surface area contributed by atoms with Crippen LogP contribution in [0.5, 0.6) is 0 Å². The molecule has 0 amide bonds. The van der Waals surface area contributed by atoms with Gasteiger partial charge in [0.2, 0.25) is 0 Å². The molecule has 0 fully saturated rings. The van der Waals surface area contributed by atoms with Gasteiger partial charge < -0.3 is 5.32 Å². The van der Waals surface area contributed by atoms with E-state index in [1.165, 1.54) is 0 Å². The standard InChI is InChI=1S/C10H17N3S/c1-4-11-9-5-10(13-7-12-9)14-6-8(2)3/h5,7-8H,4,6H2,1-3H3,(H,11,12,13). The Bertz CT molecular complexity index is 276. The molecule has 0 bridgehead atoms. The Kier molecular flexibility index (Phi) is 4.73. The predicted molar refractivity (Wildman–Crippen MR) is 61.8 cm³/mol. The number of hydrogen-bond donors (Lipinski definition) is 1. The van der Waals surface area contributed by atoms with Crippen molar-refractivity contribution in [2.75, 3.05) is 17.6 Å². The van der Waals surface area contributed by atoms with Gasteiger partial charge in [0.1, 0.15) is 17.2 Å². The third kappa shape index (κ3) is 3.96. The molecule has 0 aliphatic rings. The predicted octanol–water partition coefficient (Wildman–Crippen LogP) is 2.66. The Morgan fingerprint density at radius 1 is 1.43 bits per heavy atom. The van der Waals surface area contributed by atoms with E-state index in [4.69, 9.17) is 0 Å². The molecule has 0 spiro atoms. The van der Waals surface area contributed by atoms with E-state index in [9.17, 15) is 0 Å². The lowest BCUT2D eigenvalue weighted by molar-refractivity contribution is 0.749. The number of nitrogens with zero attached hydrogens (tertiary/aromatic N) is 2. The van der Waals surface area contributed by atoms with Crippen LogP contribution in [0, 0.1) is 5.92 Å². The molecule has 14 heavy (non-hydrogen) atoms. The molecule has 3 nitrogen and oxygen atoms in total. The van der Waals surface area contributed by atoms with Crippen molar-refractivity contribution in [1.29, 1.82) is 0 Å². The number of rotatable bonds is 5. The van der Waals surface area contributed by atoms with Gasteiger partial charge in [0.25, 0.3) is 0 Å². The third-order valence-electron chi connectivity index (χ3n) is 1.56. The minimum atomic E-state index is 0.692. The SMILES string of the molecule is CCNc1cc(SCC(C)C)ncn1. The molecular weight excluding hydrogens is 194 g/mol. The van der Waals surface area contributed by atoms with Gasteiger partial charge in [0, 0.05) is 18.4 Å². The van der Waals surface area contributed by atoms with Crippen LogP contribution in [0.15, 0.2) is 17.4 Å². The van der Waals surface area contributed by atoms with Crippen molar-refractivity contribution in [3.05, 3.63) is 12.4 Å². The molecule has 0 aliphatic heterocycles. The lowest BCUT2D eigenvalue weighted by Crippen LogP contribution is -2.00. The van der Waals surface area contributed by atoms with Crippen molar-refractivity contribution >= 4 is 17.6 Å². The first-order chi connectivity index (χ1) is 6.72. The molecule has 1 N–H and O–H groups in total. The maximum Gasteiger partial charge on any atom is 0.130 e. The van der Waals surface area contributed by atoms with E-state index in [0.717, 1.165) is 23.1 Å². The maximum atomic E-state index is 4.21. The Hall–Kier alpha value is -0.770. The van der Waals surface area contributed by atoms with Crippen molar-refractivity contribution in [2.24, 2.45) is 5.92 Å². The molecule has 1 aromatic heterocycles. The fraction of sp³-hybridized carbons (Fsp3) is 0.600. The number of aromatic nitrogens is 2. The summed E-state index contributed by atoms with van der Waals surface area (Å²) in [6.07, 6.45) is 1.61. The minimum absolute atomic E-state index is 0.692. The van der Waals surface area contributed by atoms with Crippen LogP contribution in [0.4, 0.5) is 5.82 Å². The van der Waals surface area contributed by atoms with Gasteiger partial charge in [-0.3, -0.25) is 0 Å². The second-order valence-electron chi connectivity index (χ2n) is 3.48. The summed E-state index contributed by atoms with van der Waals surface area (Å²) < 4.78 is 0. The normalized spacial score (nSPS) is 10.6. The van der Waals surface area contributed by atoms with E-state index in [1.807, 2.05) is 6.07 Å². The average molecular weight is 211 g/mol. The Balaban J connectivity index is 2.54. The summed E-state index contributed by atoms with van der Waals surface area (Å²) >= 11 is 1.78. The van der Waals surface area contributed by atoms with Crippen LogP contribution < -0.4 is 5.32 Å². The van der Waals surface area contributed by atoms with Gasteiger partial charge >= 0.3 is 0 Å². The van der Waals surface area contributed by atoms with E-state index in [-0.39, 0.29) is 0 Å². The maximum absolute atomic E-state index is 4.21. The molecule has 4 heteroatoms. The molecule has 0 aliphatic carbocycles. The second-order valence-corrected chi connectivity index (χ2v) is 4.52. The van der Waals surface area contributed by atoms with E-state index in [2.05, 4.69) is 36.1 Å². The van der Waals surface area contributed by atoms with Crippen LogP contribution in [0.3, 0.4) is 0 Å². The zero-order chi connectivity index (χ0) is 10.4. The summed E-state index contributed by atoms with van der Waals surface area (Å²) in [6, 6.07) is 2.00. The zero-order valence-corrected chi connectivity index (χ0v) is 9.77. The molecule has 1 heterocycles. The second kappa shape index (κ2) is 5.86. The lowest BCUT2D eigenvalue weighted by Gasteiger charge is -2.05. The highest BCUT2D eigenvalue weighted by Gasteiger charge is 2.00. The topological polar surface area (TPSA) is 37.8 Å². The highest BCUT2D eigenvalue weighted by molar-refractivity contribution is 7.99. The van der Waals surface area contributed by atoms with E-state index in [1.54, 1.807) is 18.1 Å². The Morgan fingerprint density at radius 3 is 2.86 bits per heavy atom. The van der Waals surface area contributed by atoms with Crippen molar-refractivity contribution in [2.45, 2.75) is 25.8 Å². The van der Waals surface area contributed by atoms with Crippen LogP contribution in [-0.2, 0) is 0 Å². The highest BCUT2D eigenvalue weighted by Crippen LogP contribution is 2.19. The summed E-state index contributed by atoms with van der Waals surface area (Å²) in [4.78, 5) is 8.33. The third-order valence-corrected chi connectivity index (χ3v) is 2.92. The fourth-order valence-electron chi connectivity index (χ4n) is 0.948. The highest BCUT2D eigenvalue weighted by atomic mass is 32.2. The van der Waals surface area contributed by atoms with Gasteiger partial charge in [-0.15, -0.1) is 11.8 Å². The molecule has 0 radical (unpaired) electrons. The molecule has 0 unspecified atom stereocenters. The fourth-order valence-corrected chi connectivity index (χ4v) is 1.77. The van der Waals surface area contributed by atoms with Crippen LogP contribution in [0.2, 0.25) is 0 Å². The Labute approximate surface area is 89.7 Å². The number of thioether (sulfide) groups is 1. The van der Waals surface area contributed by atoms with Crippen LogP contribution >= 0.6 is 11.8 Å². The molecular formula is C10H17N3S. The molecule has 0 aromatic carbocycles. The number of nitrogens with one attached hydrogen (secondary N) is 1. The van der Waals surface area contributed by atoms with Crippen molar-refractivity contribution in [1.82, 2.24) is 9.97 Å². The number of hydrogen-bond acceptors (Lipinski definition) is 4. The molecule has 1 rings (SSSR count). The van der Waals surface area contributed by atoms with E-state index >= 15 is 0 Å². The smallest absolute Gasteiger partial charge is 0.130 e. The summed E-state index contributed by atoms with van der Waals surface area (Å²) in [7, 11) is 0. The molecule has 78 valence electrons. The summed E-state index contributed by atoms with van der Waals surface area (Å²) in [6.45, 7) is 7.37. The summed E-state index contributed by atoms with van der Waals surface area (Å²) in [5, 5.41) is 4.22. The minimum Gasteiger partial charge on any atom is -0.370 e. The monoisotopic (exact) mass is 211 g/mol. The average Bonchev–Trinajstić information content (AvgIpc) is 2.16. The van der Waals surface area contributed by atoms with Gasteiger partial charge in [-0.25, -0.2) is 9.97 Å². The quantitative estimate of drug-likeness (QED) is 0.600. The first-order valence-corrected chi connectivity index (χ1v) is 5.89. The molecule has 0 saturated heterocycles. The summed E-state index contributed by atoms with van der Waals surface area (Å²) in [5.74, 6) is 2.70. The van der Waals surface area contributed by atoms with E-state index in [0.29, 0.717) is 5.92 Å². The van der Waals surface area contributed by atoms with Gasteiger partial charge in [0.05, 0.1) is 0 Å². The van der Waals surface area contributed by atoms with Crippen molar-refractivity contribution in [3.8, 4) is 0 Å². The lowest BCUT2D eigenvalue weighted by atomic mass is 10.3. The van der Waals surface area contributed by atoms with Gasteiger partial charge in [0.15, 0.2) is 0 Å². The molecule has 0 atom stereocenters.